The van der Waals surface area contributed by atoms with Gasteiger partial charge >= 0.3 is 0 Å². The quantitative estimate of drug-likeness (QED) is 0.500. The Bertz CT molecular complexity index is 1340. The molecule has 3 aromatic heterocycles. The van der Waals surface area contributed by atoms with E-state index < -0.39 is 0 Å². The molecule has 0 saturated heterocycles. The zero-order chi connectivity index (χ0) is 22.8. The number of carbonyl (C=O) groups excluding carboxylic acids is 1. The van der Waals surface area contributed by atoms with E-state index in [1.807, 2.05) is 52.0 Å². The summed E-state index contributed by atoms with van der Waals surface area (Å²) in [5.74, 6) is 0.330. The number of carbonyl (C=O) groups is 1. The van der Waals surface area contributed by atoms with Crippen molar-refractivity contribution in [3.05, 3.63) is 64.1 Å². The smallest absolute Gasteiger partial charge is 0.263 e. The summed E-state index contributed by atoms with van der Waals surface area (Å²) >= 11 is 0. The van der Waals surface area contributed by atoms with E-state index in [-0.39, 0.29) is 35.4 Å². The van der Waals surface area contributed by atoms with E-state index in [0.717, 1.165) is 23.2 Å². The van der Waals surface area contributed by atoms with Crippen LogP contribution in [0.3, 0.4) is 0 Å². The van der Waals surface area contributed by atoms with E-state index in [1.165, 1.54) is 0 Å². The topological polar surface area (TPSA) is 103 Å². The van der Waals surface area contributed by atoms with Crippen molar-refractivity contribution < 1.29 is 9.32 Å². The maximum absolute atomic E-state index is 13.2. The van der Waals surface area contributed by atoms with Gasteiger partial charge in [-0.15, -0.1) is 0 Å². The van der Waals surface area contributed by atoms with Gasteiger partial charge in [-0.3, -0.25) is 9.59 Å². The highest BCUT2D eigenvalue weighted by Crippen LogP contribution is 2.22. The van der Waals surface area contributed by atoms with Crippen LogP contribution in [0.25, 0.3) is 33.9 Å². The van der Waals surface area contributed by atoms with Gasteiger partial charge in [0.2, 0.25) is 17.2 Å². The minimum atomic E-state index is -0.273. The number of aryl methyl sites for hydroxylation is 2. The number of rotatable bonds is 6. The molecule has 0 aliphatic heterocycles. The van der Waals surface area contributed by atoms with E-state index in [2.05, 4.69) is 20.4 Å². The van der Waals surface area contributed by atoms with Crippen molar-refractivity contribution in [2.24, 2.45) is 0 Å². The number of hydrogen-bond acceptors (Lipinski definition) is 6. The lowest BCUT2D eigenvalue weighted by Gasteiger charge is -2.15. The molecule has 164 valence electrons. The maximum Gasteiger partial charge on any atom is 0.263 e. The Kier molecular flexibility index (Phi) is 5.85. The number of nitrogens with zero attached hydrogens (tertiary/aromatic N) is 4. The zero-order valence-corrected chi connectivity index (χ0v) is 18.5. The Labute approximate surface area is 185 Å². The average Bonchev–Trinajstić information content (AvgIpc) is 3.26. The summed E-state index contributed by atoms with van der Waals surface area (Å²) in [4.78, 5) is 34.7. The van der Waals surface area contributed by atoms with Crippen LogP contribution in [0.2, 0.25) is 0 Å². The lowest BCUT2D eigenvalue weighted by Crippen LogP contribution is -2.35. The molecule has 1 atom stereocenters. The van der Waals surface area contributed by atoms with Gasteiger partial charge in [0.15, 0.2) is 0 Å². The molecule has 32 heavy (non-hydrogen) atoms. The van der Waals surface area contributed by atoms with Crippen molar-refractivity contribution in [3.8, 4) is 22.8 Å². The molecule has 1 N–H and O–H groups in total. The van der Waals surface area contributed by atoms with E-state index in [1.54, 1.807) is 22.9 Å². The molecule has 0 aliphatic carbocycles. The van der Waals surface area contributed by atoms with E-state index >= 15 is 0 Å². The Balaban J connectivity index is 1.79. The number of aromatic nitrogens is 4. The molecular weight excluding hydrogens is 406 g/mol. The Morgan fingerprint density at radius 1 is 1.12 bits per heavy atom. The summed E-state index contributed by atoms with van der Waals surface area (Å²) in [6.45, 7) is 7.80. The van der Waals surface area contributed by atoms with Crippen LogP contribution < -0.4 is 10.7 Å². The number of pyridine rings is 2. The van der Waals surface area contributed by atoms with Crippen molar-refractivity contribution in [3.63, 3.8) is 0 Å². The average molecular weight is 431 g/mol. The van der Waals surface area contributed by atoms with Crippen molar-refractivity contribution in [1.29, 1.82) is 0 Å². The van der Waals surface area contributed by atoms with Gasteiger partial charge in [-0.25, -0.2) is 4.98 Å². The lowest BCUT2D eigenvalue weighted by atomic mass is 10.1. The summed E-state index contributed by atoms with van der Waals surface area (Å²) in [6.07, 6.45) is 2.39. The molecule has 8 heteroatoms. The van der Waals surface area contributed by atoms with Gasteiger partial charge in [0.1, 0.15) is 17.8 Å². The van der Waals surface area contributed by atoms with Crippen LogP contribution in [-0.2, 0) is 11.3 Å². The van der Waals surface area contributed by atoms with Crippen molar-refractivity contribution in [2.45, 2.75) is 46.7 Å². The summed E-state index contributed by atoms with van der Waals surface area (Å²) < 4.78 is 7.09. The van der Waals surface area contributed by atoms with E-state index in [9.17, 15) is 9.59 Å². The predicted molar refractivity (Wildman–Crippen MR) is 122 cm³/mol. The van der Waals surface area contributed by atoms with Gasteiger partial charge in [0.05, 0.1) is 5.39 Å². The Morgan fingerprint density at radius 3 is 2.59 bits per heavy atom. The minimum Gasteiger partial charge on any atom is -0.352 e. The third kappa shape index (κ3) is 4.30. The molecule has 1 aromatic carbocycles. The number of benzene rings is 1. The van der Waals surface area contributed by atoms with Gasteiger partial charge in [0.25, 0.3) is 5.89 Å². The van der Waals surface area contributed by atoms with Crippen LogP contribution in [-0.4, -0.2) is 31.6 Å². The van der Waals surface area contributed by atoms with Crippen LogP contribution in [0.1, 0.15) is 31.5 Å². The second-order valence-electron chi connectivity index (χ2n) is 7.99. The second kappa shape index (κ2) is 8.74. The van der Waals surface area contributed by atoms with Crippen LogP contribution in [0.15, 0.2) is 51.9 Å². The molecule has 0 fully saturated rings. The maximum atomic E-state index is 13.2. The van der Waals surface area contributed by atoms with E-state index in [0.29, 0.717) is 16.9 Å². The van der Waals surface area contributed by atoms with Crippen LogP contribution in [0.5, 0.6) is 0 Å². The fraction of sp³-hybridized carbons (Fsp3) is 0.292. The van der Waals surface area contributed by atoms with Crippen molar-refractivity contribution in [2.75, 3.05) is 0 Å². The normalized spacial score (nSPS) is 12.1. The molecule has 4 aromatic rings. The highest BCUT2D eigenvalue weighted by Gasteiger charge is 2.19. The summed E-state index contributed by atoms with van der Waals surface area (Å²) in [5, 5.41) is 7.37. The number of nitrogens with one attached hydrogen (secondary N) is 1. The highest BCUT2D eigenvalue weighted by atomic mass is 16.5. The summed E-state index contributed by atoms with van der Waals surface area (Å²) in [6, 6.07) is 11.2. The van der Waals surface area contributed by atoms with Crippen molar-refractivity contribution in [1.82, 2.24) is 25.0 Å². The molecule has 0 aliphatic rings. The lowest BCUT2D eigenvalue weighted by molar-refractivity contribution is -0.122. The molecular formula is C24H25N5O3. The van der Waals surface area contributed by atoms with E-state index in [4.69, 9.17) is 4.52 Å². The SMILES string of the molecule is CCC(C)NC(=O)Cn1cc(-c2nc(-c3ccc(C)cc3)no2)c(=O)c2ccc(C)nc21. The Morgan fingerprint density at radius 2 is 1.88 bits per heavy atom. The van der Waals surface area contributed by atoms with Gasteiger partial charge in [-0.2, -0.15) is 4.98 Å². The fourth-order valence-electron chi connectivity index (χ4n) is 3.36. The number of hydrogen-bond donors (Lipinski definition) is 1. The van der Waals surface area contributed by atoms with Gasteiger partial charge < -0.3 is 14.4 Å². The monoisotopic (exact) mass is 431 g/mol. The molecule has 8 nitrogen and oxygen atoms in total. The molecule has 0 spiro atoms. The molecule has 0 radical (unpaired) electrons. The largest absolute Gasteiger partial charge is 0.352 e. The minimum absolute atomic E-state index is 0.0174. The fourth-order valence-corrected chi connectivity index (χ4v) is 3.36. The first-order valence-electron chi connectivity index (χ1n) is 10.6. The van der Waals surface area contributed by atoms with Crippen LogP contribution in [0, 0.1) is 13.8 Å². The summed E-state index contributed by atoms with van der Waals surface area (Å²) in [7, 11) is 0. The van der Waals surface area contributed by atoms with Gasteiger partial charge in [0, 0.05) is 23.5 Å². The first-order valence-corrected chi connectivity index (χ1v) is 10.6. The van der Waals surface area contributed by atoms with Crippen LogP contribution >= 0.6 is 0 Å². The number of amides is 1. The highest BCUT2D eigenvalue weighted by molar-refractivity contribution is 5.83. The standard InChI is InChI=1S/C24H25N5O3/c1-5-15(3)25-20(30)13-29-12-19(21(31)18-11-8-16(4)26-23(18)29)24-27-22(28-32-24)17-9-6-14(2)7-10-17/h6-12,15H,5,13H2,1-4H3,(H,25,30). The first-order chi connectivity index (χ1) is 15.4. The number of fused-ring (bicyclic) bond motifs is 1. The van der Waals surface area contributed by atoms with Crippen molar-refractivity contribution >= 4 is 16.9 Å². The first kappa shape index (κ1) is 21.4. The third-order valence-corrected chi connectivity index (χ3v) is 5.36. The second-order valence-corrected chi connectivity index (χ2v) is 7.99. The van der Waals surface area contributed by atoms with Gasteiger partial charge in [-0.1, -0.05) is 41.9 Å². The molecule has 4 rings (SSSR count). The Hall–Kier alpha value is -3.81. The van der Waals surface area contributed by atoms with Gasteiger partial charge in [-0.05, 0) is 39.3 Å². The summed E-state index contributed by atoms with van der Waals surface area (Å²) in [5.41, 5.74) is 3.05. The zero-order valence-electron chi connectivity index (χ0n) is 18.5. The third-order valence-electron chi connectivity index (χ3n) is 5.36. The molecule has 0 saturated carbocycles. The predicted octanol–water partition coefficient (Wildman–Crippen LogP) is 3.65. The molecule has 1 unspecified atom stereocenters. The van der Waals surface area contributed by atoms with Crippen LogP contribution in [0.4, 0.5) is 0 Å². The molecule has 0 bridgehead atoms. The molecule has 3 heterocycles. The molecule has 1 amide bonds.